The van der Waals surface area contributed by atoms with Gasteiger partial charge in [0.2, 0.25) is 5.91 Å². The van der Waals surface area contributed by atoms with Gasteiger partial charge in [-0.25, -0.2) is 9.37 Å². The molecule has 1 saturated heterocycles. The smallest absolute Gasteiger partial charge is 0.220 e. The molecule has 2 fully saturated rings. The fraction of sp³-hybridized carbons (Fsp3) is 0.391. The Morgan fingerprint density at radius 3 is 2.69 bits per heavy atom. The third-order valence-corrected chi connectivity index (χ3v) is 7.22. The van der Waals surface area contributed by atoms with Crippen LogP contribution in [0.25, 0.3) is 5.69 Å². The molecule has 3 aromatic rings. The molecule has 6 rings (SSSR count). The Morgan fingerprint density at radius 2 is 1.97 bits per heavy atom. The Labute approximate surface area is 189 Å². The quantitative estimate of drug-likeness (QED) is 0.593. The standard InChI is InChI=1S/C23H22ClFN6O/c1-14(32)29-10-15-6-17(24)2-4-19(15)31-21(11-29)27-28-22(31)16-7-23(8-16)12-30(13-23)20-5-3-18(25)9-26-20/h2-6,9,16H,7-8,10-13H2,1H3. The van der Waals surface area contributed by atoms with Crippen LogP contribution in [0.2, 0.25) is 5.02 Å². The second kappa shape index (κ2) is 7.00. The molecular weight excluding hydrogens is 431 g/mol. The number of anilines is 1. The maximum absolute atomic E-state index is 13.1. The average molecular weight is 453 g/mol. The van der Waals surface area contributed by atoms with Gasteiger partial charge in [0.15, 0.2) is 5.82 Å². The molecule has 0 radical (unpaired) electrons. The first-order valence-corrected chi connectivity index (χ1v) is 11.1. The van der Waals surface area contributed by atoms with Crippen LogP contribution in [0, 0.1) is 11.2 Å². The number of nitrogens with zero attached hydrogens (tertiary/aromatic N) is 6. The van der Waals surface area contributed by atoms with E-state index in [1.54, 1.807) is 17.9 Å². The van der Waals surface area contributed by atoms with Crippen LogP contribution in [0.4, 0.5) is 10.2 Å². The average Bonchev–Trinajstić information content (AvgIpc) is 3.02. The predicted molar refractivity (Wildman–Crippen MR) is 117 cm³/mol. The summed E-state index contributed by atoms with van der Waals surface area (Å²) in [6.45, 7) is 4.35. The molecule has 2 aliphatic heterocycles. The summed E-state index contributed by atoms with van der Waals surface area (Å²) in [4.78, 5) is 20.3. The van der Waals surface area contributed by atoms with Crippen LogP contribution in [-0.2, 0) is 17.9 Å². The summed E-state index contributed by atoms with van der Waals surface area (Å²) in [5, 5.41) is 9.68. The number of halogens is 2. The van der Waals surface area contributed by atoms with Crippen LogP contribution < -0.4 is 4.90 Å². The fourth-order valence-electron chi connectivity index (χ4n) is 5.42. The lowest BCUT2D eigenvalue weighted by Gasteiger charge is -2.59. The van der Waals surface area contributed by atoms with E-state index >= 15 is 0 Å². The molecule has 1 aromatic carbocycles. The van der Waals surface area contributed by atoms with Gasteiger partial charge in [-0.3, -0.25) is 9.36 Å². The lowest BCUT2D eigenvalue weighted by atomic mass is 9.57. The Bertz CT molecular complexity index is 1210. The van der Waals surface area contributed by atoms with Gasteiger partial charge in [0.1, 0.15) is 17.5 Å². The monoisotopic (exact) mass is 452 g/mol. The van der Waals surface area contributed by atoms with Gasteiger partial charge in [-0.2, -0.15) is 0 Å². The van der Waals surface area contributed by atoms with E-state index in [1.807, 2.05) is 18.2 Å². The summed E-state index contributed by atoms with van der Waals surface area (Å²) in [6, 6.07) is 8.99. The summed E-state index contributed by atoms with van der Waals surface area (Å²) >= 11 is 6.26. The lowest BCUT2D eigenvalue weighted by molar-refractivity contribution is -0.130. The zero-order chi connectivity index (χ0) is 22.0. The molecule has 164 valence electrons. The SMILES string of the molecule is CC(=O)N1Cc2cc(Cl)ccc2-n2c(nnc2C2CC3(C2)CN(c2ccc(F)cn2)C3)C1. The summed E-state index contributed by atoms with van der Waals surface area (Å²) in [5.41, 5.74) is 2.25. The number of rotatable bonds is 2. The van der Waals surface area contributed by atoms with Crippen molar-refractivity contribution in [3.63, 3.8) is 0 Å². The molecule has 0 atom stereocenters. The molecule has 0 unspecified atom stereocenters. The number of aromatic nitrogens is 4. The van der Waals surface area contributed by atoms with Crippen molar-refractivity contribution in [2.24, 2.45) is 5.41 Å². The van der Waals surface area contributed by atoms with Gasteiger partial charge < -0.3 is 9.80 Å². The van der Waals surface area contributed by atoms with Gasteiger partial charge >= 0.3 is 0 Å². The highest BCUT2D eigenvalue weighted by Gasteiger charge is 2.54. The molecule has 7 nitrogen and oxygen atoms in total. The van der Waals surface area contributed by atoms with Crippen molar-refractivity contribution in [3.05, 3.63) is 64.6 Å². The number of hydrogen-bond acceptors (Lipinski definition) is 5. The Kier molecular flexibility index (Phi) is 4.30. The van der Waals surface area contributed by atoms with E-state index < -0.39 is 0 Å². The molecule has 3 aliphatic rings. The zero-order valence-corrected chi connectivity index (χ0v) is 18.4. The molecule has 32 heavy (non-hydrogen) atoms. The molecule has 0 bridgehead atoms. The second-order valence-corrected chi connectivity index (χ2v) is 9.69. The number of carbonyl (C=O) groups excluding carboxylic acids is 1. The topological polar surface area (TPSA) is 67.2 Å². The van der Waals surface area contributed by atoms with E-state index in [4.69, 9.17) is 11.6 Å². The summed E-state index contributed by atoms with van der Waals surface area (Å²) in [6.07, 6.45) is 3.33. The first kappa shape index (κ1) is 19.7. The van der Waals surface area contributed by atoms with Crippen LogP contribution in [0.15, 0.2) is 36.5 Å². The van der Waals surface area contributed by atoms with Crippen LogP contribution >= 0.6 is 11.6 Å². The van der Waals surface area contributed by atoms with Gasteiger partial charge in [-0.05, 0) is 48.7 Å². The molecule has 1 aliphatic carbocycles. The summed E-state index contributed by atoms with van der Waals surface area (Å²) in [7, 11) is 0. The lowest BCUT2D eigenvalue weighted by Crippen LogP contribution is -2.62. The zero-order valence-electron chi connectivity index (χ0n) is 17.6. The van der Waals surface area contributed by atoms with Crippen LogP contribution in [0.3, 0.4) is 0 Å². The van der Waals surface area contributed by atoms with Crippen molar-refractivity contribution in [2.75, 3.05) is 18.0 Å². The first-order valence-electron chi connectivity index (χ1n) is 10.8. The minimum atomic E-state index is -0.315. The van der Waals surface area contributed by atoms with Crippen molar-refractivity contribution in [2.45, 2.75) is 38.8 Å². The van der Waals surface area contributed by atoms with Gasteiger partial charge in [0, 0.05) is 42.9 Å². The number of amides is 1. The van der Waals surface area contributed by atoms with E-state index in [0.717, 1.165) is 54.6 Å². The number of hydrogen-bond donors (Lipinski definition) is 0. The van der Waals surface area contributed by atoms with Crippen LogP contribution in [-0.4, -0.2) is 43.6 Å². The summed E-state index contributed by atoms with van der Waals surface area (Å²) in [5.74, 6) is 2.56. The maximum Gasteiger partial charge on any atom is 0.220 e. The van der Waals surface area contributed by atoms with E-state index in [0.29, 0.717) is 24.0 Å². The van der Waals surface area contributed by atoms with E-state index in [9.17, 15) is 9.18 Å². The van der Waals surface area contributed by atoms with Crippen molar-refractivity contribution in [3.8, 4) is 5.69 Å². The molecular formula is C23H22ClFN6O. The van der Waals surface area contributed by atoms with Crippen molar-refractivity contribution < 1.29 is 9.18 Å². The van der Waals surface area contributed by atoms with Crippen molar-refractivity contribution >= 4 is 23.3 Å². The number of carbonyl (C=O) groups is 1. The van der Waals surface area contributed by atoms with Crippen molar-refractivity contribution in [1.29, 1.82) is 0 Å². The molecule has 0 N–H and O–H groups in total. The van der Waals surface area contributed by atoms with Crippen LogP contribution in [0.1, 0.15) is 42.9 Å². The highest BCUT2D eigenvalue weighted by molar-refractivity contribution is 6.30. The molecule has 1 spiro atoms. The third kappa shape index (κ3) is 3.08. The number of pyridine rings is 1. The molecule has 4 heterocycles. The predicted octanol–water partition coefficient (Wildman–Crippen LogP) is 3.70. The Hall–Kier alpha value is -3.00. The van der Waals surface area contributed by atoms with Gasteiger partial charge in [0.25, 0.3) is 0 Å². The molecule has 1 saturated carbocycles. The normalized spacial score (nSPS) is 19.1. The summed E-state index contributed by atoms with van der Waals surface area (Å²) < 4.78 is 15.3. The van der Waals surface area contributed by atoms with Gasteiger partial charge in [-0.15, -0.1) is 10.2 Å². The highest BCUT2D eigenvalue weighted by atomic mass is 35.5. The number of benzene rings is 1. The first-order chi connectivity index (χ1) is 15.4. The van der Waals surface area contributed by atoms with E-state index in [1.165, 1.54) is 12.3 Å². The number of fused-ring (bicyclic) bond motifs is 3. The minimum Gasteiger partial charge on any atom is -0.355 e. The third-order valence-electron chi connectivity index (χ3n) is 6.99. The Balaban J connectivity index is 1.25. The van der Waals surface area contributed by atoms with E-state index in [2.05, 4.69) is 24.6 Å². The molecule has 1 amide bonds. The molecule has 2 aromatic heterocycles. The van der Waals surface area contributed by atoms with E-state index in [-0.39, 0.29) is 17.1 Å². The second-order valence-electron chi connectivity index (χ2n) is 9.25. The largest absolute Gasteiger partial charge is 0.355 e. The highest BCUT2D eigenvalue weighted by Crippen LogP contribution is 2.56. The fourth-order valence-corrected chi connectivity index (χ4v) is 5.61. The van der Waals surface area contributed by atoms with Crippen molar-refractivity contribution in [1.82, 2.24) is 24.6 Å². The minimum absolute atomic E-state index is 0.000449. The molecule has 9 heteroatoms. The van der Waals surface area contributed by atoms with Gasteiger partial charge in [-0.1, -0.05) is 11.6 Å². The van der Waals surface area contributed by atoms with Gasteiger partial charge in [0.05, 0.1) is 18.4 Å². The maximum atomic E-state index is 13.1. The van der Waals surface area contributed by atoms with Crippen LogP contribution in [0.5, 0.6) is 0 Å². The Morgan fingerprint density at radius 1 is 1.16 bits per heavy atom.